The SMILES string of the molecule is CCCCC(CC)C(=O)NC(CCOC)C(=O)O. The molecular formula is C13H25NO4. The van der Waals surface area contributed by atoms with Crippen molar-refractivity contribution in [3.63, 3.8) is 0 Å². The van der Waals surface area contributed by atoms with E-state index in [1.165, 1.54) is 7.11 Å². The molecule has 0 fully saturated rings. The van der Waals surface area contributed by atoms with Gasteiger partial charge < -0.3 is 15.2 Å². The Morgan fingerprint density at radius 1 is 1.28 bits per heavy atom. The molecule has 2 unspecified atom stereocenters. The van der Waals surface area contributed by atoms with E-state index < -0.39 is 12.0 Å². The molecule has 0 bridgehead atoms. The number of amides is 1. The summed E-state index contributed by atoms with van der Waals surface area (Å²) in [7, 11) is 1.51. The van der Waals surface area contributed by atoms with Gasteiger partial charge in [-0.15, -0.1) is 0 Å². The van der Waals surface area contributed by atoms with Crippen LogP contribution in [-0.4, -0.2) is 36.7 Å². The van der Waals surface area contributed by atoms with E-state index >= 15 is 0 Å². The summed E-state index contributed by atoms with van der Waals surface area (Å²) in [6.07, 6.45) is 3.87. The van der Waals surface area contributed by atoms with Gasteiger partial charge in [-0.2, -0.15) is 0 Å². The number of hydrogen-bond donors (Lipinski definition) is 2. The fourth-order valence-electron chi connectivity index (χ4n) is 1.75. The number of hydrogen-bond acceptors (Lipinski definition) is 3. The molecule has 18 heavy (non-hydrogen) atoms. The van der Waals surface area contributed by atoms with Crippen molar-refractivity contribution in [1.29, 1.82) is 0 Å². The number of carbonyl (C=O) groups excluding carboxylic acids is 1. The van der Waals surface area contributed by atoms with Crippen LogP contribution in [0.1, 0.15) is 46.0 Å². The van der Waals surface area contributed by atoms with Gasteiger partial charge in [-0.25, -0.2) is 4.79 Å². The highest BCUT2D eigenvalue weighted by Crippen LogP contribution is 2.13. The van der Waals surface area contributed by atoms with E-state index in [9.17, 15) is 9.59 Å². The van der Waals surface area contributed by atoms with Crippen LogP contribution in [0.2, 0.25) is 0 Å². The van der Waals surface area contributed by atoms with E-state index in [0.29, 0.717) is 13.0 Å². The predicted octanol–water partition coefficient (Wildman–Crippen LogP) is 1.81. The highest BCUT2D eigenvalue weighted by atomic mass is 16.5. The van der Waals surface area contributed by atoms with Crippen LogP contribution in [-0.2, 0) is 14.3 Å². The van der Waals surface area contributed by atoms with Crippen molar-refractivity contribution in [2.24, 2.45) is 5.92 Å². The quantitative estimate of drug-likeness (QED) is 0.627. The molecule has 2 atom stereocenters. The van der Waals surface area contributed by atoms with Crippen molar-refractivity contribution < 1.29 is 19.4 Å². The smallest absolute Gasteiger partial charge is 0.326 e. The number of carbonyl (C=O) groups is 2. The Hall–Kier alpha value is -1.10. The van der Waals surface area contributed by atoms with E-state index in [1.807, 2.05) is 6.92 Å². The lowest BCUT2D eigenvalue weighted by atomic mass is 9.98. The van der Waals surface area contributed by atoms with Crippen LogP contribution in [0.3, 0.4) is 0 Å². The van der Waals surface area contributed by atoms with Gasteiger partial charge in [-0.3, -0.25) is 4.79 Å². The fraction of sp³-hybridized carbons (Fsp3) is 0.846. The van der Waals surface area contributed by atoms with E-state index in [4.69, 9.17) is 9.84 Å². The summed E-state index contributed by atoms with van der Waals surface area (Å²) in [5.41, 5.74) is 0. The number of unbranched alkanes of at least 4 members (excludes halogenated alkanes) is 1. The van der Waals surface area contributed by atoms with E-state index in [-0.39, 0.29) is 11.8 Å². The molecule has 0 saturated carbocycles. The van der Waals surface area contributed by atoms with Crippen LogP contribution in [0.25, 0.3) is 0 Å². The second kappa shape index (κ2) is 9.88. The molecule has 0 aromatic heterocycles. The highest BCUT2D eigenvalue weighted by molar-refractivity contribution is 5.84. The lowest BCUT2D eigenvalue weighted by Gasteiger charge is -2.19. The molecule has 0 aliphatic carbocycles. The number of ether oxygens (including phenoxy) is 1. The van der Waals surface area contributed by atoms with Crippen molar-refractivity contribution in [3.05, 3.63) is 0 Å². The number of aliphatic carboxylic acids is 1. The van der Waals surface area contributed by atoms with Crippen LogP contribution in [0.4, 0.5) is 0 Å². The van der Waals surface area contributed by atoms with E-state index in [2.05, 4.69) is 12.2 Å². The molecule has 0 rings (SSSR count). The third-order valence-corrected chi connectivity index (χ3v) is 2.99. The summed E-state index contributed by atoms with van der Waals surface area (Å²) in [6.45, 7) is 4.34. The first-order valence-corrected chi connectivity index (χ1v) is 6.58. The standard InChI is InChI=1S/C13H25NO4/c1-4-6-7-10(5-2)12(15)14-11(13(16)17)8-9-18-3/h10-11H,4-9H2,1-3H3,(H,14,15)(H,16,17). The Morgan fingerprint density at radius 2 is 1.94 bits per heavy atom. The third-order valence-electron chi connectivity index (χ3n) is 2.99. The summed E-state index contributed by atoms with van der Waals surface area (Å²) in [6, 6.07) is -0.854. The normalized spacial score (nSPS) is 13.9. The largest absolute Gasteiger partial charge is 0.480 e. The van der Waals surface area contributed by atoms with Crippen molar-refractivity contribution in [1.82, 2.24) is 5.32 Å². The van der Waals surface area contributed by atoms with Crippen molar-refractivity contribution in [2.45, 2.75) is 52.0 Å². The molecule has 0 spiro atoms. The number of carboxylic acids is 1. The molecule has 106 valence electrons. The van der Waals surface area contributed by atoms with Gasteiger partial charge >= 0.3 is 5.97 Å². The zero-order valence-corrected chi connectivity index (χ0v) is 11.6. The first kappa shape index (κ1) is 16.9. The summed E-state index contributed by atoms with van der Waals surface area (Å²) < 4.78 is 4.84. The lowest BCUT2D eigenvalue weighted by molar-refractivity contribution is -0.143. The molecule has 0 saturated heterocycles. The van der Waals surface area contributed by atoms with Gasteiger partial charge in [-0.1, -0.05) is 26.7 Å². The number of rotatable bonds is 10. The fourth-order valence-corrected chi connectivity index (χ4v) is 1.75. The first-order valence-electron chi connectivity index (χ1n) is 6.58. The minimum atomic E-state index is -1.01. The van der Waals surface area contributed by atoms with Crippen LogP contribution < -0.4 is 5.32 Å². The second-order valence-corrected chi connectivity index (χ2v) is 4.43. The van der Waals surface area contributed by atoms with E-state index in [0.717, 1.165) is 25.7 Å². The monoisotopic (exact) mass is 259 g/mol. The van der Waals surface area contributed by atoms with Crippen molar-refractivity contribution >= 4 is 11.9 Å². The van der Waals surface area contributed by atoms with Gasteiger partial charge in [0.15, 0.2) is 0 Å². The Morgan fingerprint density at radius 3 is 2.39 bits per heavy atom. The van der Waals surface area contributed by atoms with Gasteiger partial charge in [0.05, 0.1) is 0 Å². The van der Waals surface area contributed by atoms with Crippen LogP contribution in [0.15, 0.2) is 0 Å². The maximum atomic E-state index is 11.9. The van der Waals surface area contributed by atoms with E-state index in [1.54, 1.807) is 0 Å². The molecular weight excluding hydrogens is 234 g/mol. The Labute approximate surface area is 109 Å². The van der Waals surface area contributed by atoms with Crippen molar-refractivity contribution in [2.75, 3.05) is 13.7 Å². The van der Waals surface area contributed by atoms with Crippen LogP contribution in [0.5, 0.6) is 0 Å². The molecule has 0 aliphatic rings. The van der Waals surface area contributed by atoms with Gasteiger partial charge in [0.1, 0.15) is 6.04 Å². The van der Waals surface area contributed by atoms with Crippen LogP contribution in [0, 0.1) is 5.92 Å². The summed E-state index contributed by atoms with van der Waals surface area (Å²) in [5, 5.41) is 11.6. The lowest BCUT2D eigenvalue weighted by Crippen LogP contribution is -2.44. The Balaban J connectivity index is 4.32. The summed E-state index contributed by atoms with van der Waals surface area (Å²) in [5.74, 6) is -1.26. The minimum Gasteiger partial charge on any atom is -0.480 e. The molecule has 1 amide bonds. The average Bonchev–Trinajstić information content (AvgIpc) is 2.34. The molecule has 0 heterocycles. The topological polar surface area (TPSA) is 75.6 Å². The van der Waals surface area contributed by atoms with Gasteiger partial charge in [0.25, 0.3) is 0 Å². The molecule has 0 aliphatic heterocycles. The predicted molar refractivity (Wildman–Crippen MR) is 69.4 cm³/mol. The number of methoxy groups -OCH3 is 1. The number of nitrogens with one attached hydrogen (secondary N) is 1. The number of carboxylic acid groups (broad SMARTS) is 1. The van der Waals surface area contributed by atoms with Crippen LogP contribution >= 0.6 is 0 Å². The molecule has 2 N–H and O–H groups in total. The molecule has 0 aromatic carbocycles. The Kier molecular flexibility index (Phi) is 9.28. The summed E-state index contributed by atoms with van der Waals surface area (Å²) in [4.78, 5) is 22.9. The summed E-state index contributed by atoms with van der Waals surface area (Å²) >= 11 is 0. The zero-order chi connectivity index (χ0) is 14.0. The molecule has 0 radical (unpaired) electrons. The highest BCUT2D eigenvalue weighted by Gasteiger charge is 2.23. The maximum absolute atomic E-state index is 11.9. The molecule has 0 aromatic rings. The third kappa shape index (κ3) is 6.59. The molecule has 5 nitrogen and oxygen atoms in total. The van der Waals surface area contributed by atoms with Gasteiger partial charge in [0.2, 0.25) is 5.91 Å². The average molecular weight is 259 g/mol. The Bertz CT molecular complexity index is 255. The van der Waals surface area contributed by atoms with Gasteiger partial charge in [0, 0.05) is 26.1 Å². The minimum absolute atomic E-state index is 0.0886. The van der Waals surface area contributed by atoms with Crippen molar-refractivity contribution in [3.8, 4) is 0 Å². The first-order chi connectivity index (χ1) is 8.56. The zero-order valence-electron chi connectivity index (χ0n) is 11.6. The molecule has 5 heteroatoms. The van der Waals surface area contributed by atoms with Gasteiger partial charge in [-0.05, 0) is 12.8 Å². The maximum Gasteiger partial charge on any atom is 0.326 e. The second-order valence-electron chi connectivity index (χ2n) is 4.43.